The predicted octanol–water partition coefficient (Wildman–Crippen LogP) is 1.87. The zero-order valence-electron chi connectivity index (χ0n) is 15.1. The number of esters is 1. The van der Waals surface area contributed by atoms with Gasteiger partial charge in [0.1, 0.15) is 0 Å². The molecule has 0 aromatic rings. The summed E-state index contributed by atoms with van der Waals surface area (Å²) < 4.78 is 62.4. The van der Waals surface area contributed by atoms with Crippen LogP contribution in [0.2, 0.25) is 0 Å². The van der Waals surface area contributed by atoms with Crippen LogP contribution in [0, 0.1) is 17.8 Å². The van der Waals surface area contributed by atoms with E-state index in [-0.39, 0.29) is 0 Å². The van der Waals surface area contributed by atoms with E-state index in [9.17, 15) is 32.2 Å². The van der Waals surface area contributed by atoms with Gasteiger partial charge in [-0.15, -0.1) is 0 Å². The standard InChI is InChI=1S/C17H26F2O7S/c1-10(17(18,19)27(23,24)25)26-14(20)11-12(15(21)6-2-3-7-15)13(11)16(22)8-4-5-9-16/h10-13,21-22H,2-9H2,1H3,(H,23,24,25). The number of hydrogen-bond acceptors (Lipinski definition) is 6. The fraction of sp³-hybridized carbons (Fsp3) is 0.941. The van der Waals surface area contributed by atoms with Crippen LogP contribution in [0.3, 0.4) is 0 Å². The number of ether oxygens (including phenoxy) is 1. The molecule has 0 radical (unpaired) electrons. The average molecular weight is 412 g/mol. The van der Waals surface area contributed by atoms with Crippen LogP contribution in [0.4, 0.5) is 8.78 Å². The molecule has 3 fully saturated rings. The molecule has 156 valence electrons. The molecule has 0 amide bonds. The van der Waals surface area contributed by atoms with Crippen molar-refractivity contribution in [3.63, 3.8) is 0 Å². The van der Waals surface area contributed by atoms with E-state index in [4.69, 9.17) is 4.55 Å². The Kier molecular flexibility index (Phi) is 5.11. The molecule has 0 aromatic heterocycles. The molecule has 0 aromatic carbocycles. The number of carbonyl (C=O) groups is 1. The minimum Gasteiger partial charge on any atom is -0.455 e. The van der Waals surface area contributed by atoms with Gasteiger partial charge in [0.05, 0.1) is 17.1 Å². The van der Waals surface area contributed by atoms with Crippen LogP contribution in [0.15, 0.2) is 0 Å². The van der Waals surface area contributed by atoms with Gasteiger partial charge in [0.25, 0.3) is 0 Å². The minimum absolute atomic E-state index is 0.463. The third kappa shape index (κ3) is 3.49. The molecular formula is C17H26F2O7S. The van der Waals surface area contributed by atoms with Crippen molar-refractivity contribution in [3.8, 4) is 0 Å². The molecule has 0 bridgehead atoms. The lowest BCUT2D eigenvalue weighted by Crippen LogP contribution is -2.42. The molecule has 3 unspecified atom stereocenters. The van der Waals surface area contributed by atoms with Crippen LogP contribution in [0.1, 0.15) is 58.3 Å². The summed E-state index contributed by atoms with van der Waals surface area (Å²) in [7, 11) is -5.74. The first kappa shape index (κ1) is 20.9. The van der Waals surface area contributed by atoms with Gasteiger partial charge >= 0.3 is 21.3 Å². The molecule has 0 saturated heterocycles. The molecule has 10 heteroatoms. The second-order valence-electron chi connectivity index (χ2n) is 8.31. The lowest BCUT2D eigenvalue weighted by molar-refractivity contribution is -0.163. The first-order valence-electron chi connectivity index (χ1n) is 9.34. The number of aliphatic hydroxyl groups is 2. The van der Waals surface area contributed by atoms with Crippen molar-refractivity contribution in [1.29, 1.82) is 0 Å². The van der Waals surface area contributed by atoms with Gasteiger partial charge in [-0.2, -0.15) is 17.2 Å². The van der Waals surface area contributed by atoms with Crippen molar-refractivity contribution in [2.45, 2.75) is 80.9 Å². The van der Waals surface area contributed by atoms with Crippen molar-refractivity contribution in [1.82, 2.24) is 0 Å². The van der Waals surface area contributed by atoms with Crippen LogP contribution in [-0.4, -0.2) is 51.7 Å². The van der Waals surface area contributed by atoms with Crippen molar-refractivity contribution in [2.24, 2.45) is 17.8 Å². The number of carbonyl (C=O) groups excluding carboxylic acids is 1. The lowest BCUT2D eigenvalue weighted by Gasteiger charge is -2.27. The number of hydrogen-bond donors (Lipinski definition) is 3. The van der Waals surface area contributed by atoms with Crippen LogP contribution >= 0.6 is 0 Å². The minimum atomic E-state index is -5.74. The highest BCUT2D eigenvalue weighted by Gasteiger charge is 2.71. The van der Waals surface area contributed by atoms with Crippen LogP contribution < -0.4 is 0 Å². The molecule has 0 spiro atoms. The quantitative estimate of drug-likeness (QED) is 0.450. The van der Waals surface area contributed by atoms with Crippen LogP contribution in [-0.2, 0) is 19.6 Å². The lowest BCUT2D eigenvalue weighted by atomic mass is 9.87. The molecule has 3 rings (SSSR count). The third-order valence-corrected chi connectivity index (χ3v) is 7.60. The van der Waals surface area contributed by atoms with Gasteiger partial charge in [0, 0.05) is 11.8 Å². The van der Waals surface area contributed by atoms with Gasteiger partial charge in [-0.1, -0.05) is 25.7 Å². The Hall–Kier alpha value is -0.840. The van der Waals surface area contributed by atoms with E-state index in [2.05, 4.69) is 4.74 Å². The third-order valence-electron chi connectivity index (χ3n) is 6.58. The molecule has 27 heavy (non-hydrogen) atoms. The average Bonchev–Trinajstić information content (AvgIpc) is 2.96. The highest BCUT2D eigenvalue weighted by molar-refractivity contribution is 7.86. The number of halogens is 2. The summed E-state index contributed by atoms with van der Waals surface area (Å²) in [5.74, 6) is -3.22. The molecule has 3 aliphatic carbocycles. The van der Waals surface area contributed by atoms with E-state index in [1.165, 1.54) is 0 Å². The van der Waals surface area contributed by atoms with Crippen molar-refractivity contribution in [2.75, 3.05) is 0 Å². The van der Waals surface area contributed by atoms with Gasteiger partial charge in [-0.25, -0.2) is 0 Å². The molecule has 3 atom stereocenters. The first-order valence-corrected chi connectivity index (χ1v) is 10.8. The molecule has 0 heterocycles. The smallest absolute Gasteiger partial charge is 0.405 e. The summed E-state index contributed by atoms with van der Waals surface area (Å²) in [5.41, 5.74) is -2.30. The normalized spacial score (nSPS) is 33.6. The SMILES string of the molecule is CC(OC(=O)C1C(C2(O)CCCC2)C1C1(O)CCCC1)C(F)(F)S(=O)(=O)O. The Morgan fingerprint density at radius 1 is 1.04 bits per heavy atom. The van der Waals surface area contributed by atoms with E-state index >= 15 is 0 Å². The molecule has 7 nitrogen and oxygen atoms in total. The number of rotatable bonds is 6. The monoisotopic (exact) mass is 412 g/mol. The van der Waals surface area contributed by atoms with Gasteiger partial charge in [0.15, 0.2) is 6.10 Å². The Morgan fingerprint density at radius 3 is 1.74 bits per heavy atom. The molecule has 0 aliphatic heterocycles. The first-order chi connectivity index (χ1) is 12.3. The zero-order valence-corrected chi connectivity index (χ0v) is 15.9. The fourth-order valence-corrected chi connectivity index (χ4v) is 5.58. The molecular weight excluding hydrogens is 386 g/mol. The molecule has 3 saturated carbocycles. The van der Waals surface area contributed by atoms with E-state index < -0.39 is 56.4 Å². The van der Waals surface area contributed by atoms with E-state index in [1.54, 1.807) is 0 Å². The number of alkyl halides is 2. The van der Waals surface area contributed by atoms with Gasteiger partial charge in [-0.05, 0) is 32.6 Å². The Morgan fingerprint density at radius 2 is 1.41 bits per heavy atom. The van der Waals surface area contributed by atoms with E-state index in [0.29, 0.717) is 32.6 Å². The maximum Gasteiger partial charge on any atom is 0.405 e. The predicted molar refractivity (Wildman–Crippen MR) is 89.4 cm³/mol. The van der Waals surface area contributed by atoms with Crippen LogP contribution in [0.5, 0.6) is 0 Å². The summed E-state index contributed by atoms with van der Waals surface area (Å²) in [5, 5.41) is 17.2. The second-order valence-corrected chi connectivity index (χ2v) is 9.81. The van der Waals surface area contributed by atoms with Crippen molar-refractivity contribution >= 4 is 16.1 Å². The Bertz CT molecular complexity index is 668. The summed E-state index contributed by atoms with van der Waals surface area (Å²) in [6.07, 6.45) is 2.56. The van der Waals surface area contributed by atoms with Gasteiger partial charge in [0.2, 0.25) is 0 Å². The van der Waals surface area contributed by atoms with E-state index in [1.807, 2.05) is 0 Å². The highest BCUT2D eigenvalue weighted by Crippen LogP contribution is 2.64. The fourth-order valence-electron chi connectivity index (χ4n) is 5.11. The van der Waals surface area contributed by atoms with E-state index in [0.717, 1.165) is 25.7 Å². The summed E-state index contributed by atoms with van der Waals surface area (Å²) in [4.78, 5) is 12.6. The van der Waals surface area contributed by atoms with Crippen LogP contribution in [0.25, 0.3) is 0 Å². The summed E-state index contributed by atoms with van der Waals surface area (Å²) in [6.45, 7) is 0.687. The second kappa shape index (κ2) is 6.60. The van der Waals surface area contributed by atoms with Gasteiger partial charge < -0.3 is 14.9 Å². The maximum absolute atomic E-state index is 13.7. The zero-order chi connectivity index (χ0) is 20.3. The summed E-state index contributed by atoms with van der Waals surface area (Å²) >= 11 is 0. The molecule has 3 N–H and O–H groups in total. The topological polar surface area (TPSA) is 121 Å². The highest BCUT2D eigenvalue weighted by atomic mass is 32.2. The van der Waals surface area contributed by atoms with Crippen molar-refractivity contribution in [3.05, 3.63) is 0 Å². The largest absolute Gasteiger partial charge is 0.455 e. The van der Waals surface area contributed by atoms with Gasteiger partial charge in [-0.3, -0.25) is 9.35 Å². The Balaban J connectivity index is 1.79. The maximum atomic E-state index is 13.7. The molecule has 3 aliphatic rings. The summed E-state index contributed by atoms with van der Waals surface area (Å²) in [6, 6.07) is 0. The van der Waals surface area contributed by atoms with Crippen molar-refractivity contribution < 1.29 is 41.5 Å². The Labute approximate surface area is 156 Å².